The van der Waals surface area contributed by atoms with Gasteiger partial charge in [-0.1, -0.05) is 17.7 Å². The molecule has 1 aliphatic heterocycles. The number of benzene rings is 2. The lowest BCUT2D eigenvalue weighted by Crippen LogP contribution is -2.31. The molecule has 0 saturated heterocycles. The van der Waals surface area contributed by atoms with Crippen LogP contribution in [-0.4, -0.2) is 49.4 Å². The van der Waals surface area contributed by atoms with E-state index in [1.54, 1.807) is 23.7 Å². The topological polar surface area (TPSA) is 110 Å². The number of aromatic nitrogens is 4. The number of nitrogens with zero attached hydrogens (tertiary/aromatic N) is 5. The van der Waals surface area contributed by atoms with Gasteiger partial charge < -0.3 is 5.32 Å². The number of carbonyl (C=O) groups excluding carboxylic acids is 3. The molecule has 4 rings (SSSR count). The van der Waals surface area contributed by atoms with Crippen molar-refractivity contribution in [2.75, 3.05) is 11.9 Å². The highest BCUT2D eigenvalue weighted by atomic mass is 16.2. The Kier molecular flexibility index (Phi) is 5.33. The summed E-state index contributed by atoms with van der Waals surface area (Å²) in [4.78, 5) is 38.6. The highest BCUT2D eigenvalue weighted by molar-refractivity contribution is 6.21. The molecule has 0 bridgehead atoms. The number of tetrazole rings is 1. The Bertz CT molecular complexity index is 1200. The first-order chi connectivity index (χ1) is 14.8. The highest BCUT2D eigenvalue weighted by Gasteiger charge is 2.34. The van der Waals surface area contributed by atoms with Crippen LogP contribution in [0.4, 0.5) is 5.69 Å². The van der Waals surface area contributed by atoms with E-state index in [1.165, 1.54) is 4.90 Å². The van der Waals surface area contributed by atoms with Gasteiger partial charge in [0.25, 0.3) is 11.8 Å². The molecule has 9 heteroatoms. The van der Waals surface area contributed by atoms with Gasteiger partial charge in [-0.15, -0.1) is 5.10 Å². The van der Waals surface area contributed by atoms with Crippen LogP contribution in [0.1, 0.15) is 50.5 Å². The number of hydrogen-bond acceptors (Lipinski definition) is 6. The van der Waals surface area contributed by atoms with Crippen LogP contribution in [0.3, 0.4) is 0 Å². The summed E-state index contributed by atoms with van der Waals surface area (Å²) in [6, 6.07) is 10.7. The monoisotopic (exact) mass is 418 g/mol. The molecule has 0 atom stereocenters. The minimum Gasteiger partial charge on any atom is -0.326 e. The molecule has 0 unspecified atom stereocenters. The third-order valence-electron chi connectivity index (χ3n) is 5.26. The van der Waals surface area contributed by atoms with Gasteiger partial charge in [0.15, 0.2) is 5.82 Å². The van der Waals surface area contributed by atoms with Crippen LogP contribution in [-0.2, 0) is 4.79 Å². The lowest BCUT2D eigenvalue weighted by atomic mass is 10.1. The maximum Gasteiger partial charge on any atom is 0.261 e. The van der Waals surface area contributed by atoms with Gasteiger partial charge in [-0.2, -0.15) is 4.68 Å². The first kappa shape index (κ1) is 20.4. The summed E-state index contributed by atoms with van der Waals surface area (Å²) in [6.07, 6.45) is 0.556. The number of aryl methyl sites for hydroxylation is 3. The second-order valence-corrected chi connectivity index (χ2v) is 7.60. The van der Waals surface area contributed by atoms with E-state index < -0.39 is 0 Å². The second kappa shape index (κ2) is 8.10. The van der Waals surface area contributed by atoms with Crippen molar-refractivity contribution in [1.82, 2.24) is 25.1 Å². The van der Waals surface area contributed by atoms with Gasteiger partial charge in [-0.05, 0) is 67.4 Å². The smallest absolute Gasteiger partial charge is 0.261 e. The molecule has 9 nitrogen and oxygen atoms in total. The molecule has 158 valence electrons. The van der Waals surface area contributed by atoms with Crippen LogP contribution >= 0.6 is 0 Å². The van der Waals surface area contributed by atoms with Crippen molar-refractivity contribution in [3.05, 3.63) is 64.5 Å². The van der Waals surface area contributed by atoms with Gasteiger partial charge in [0.1, 0.15) is 0 Å². The van der Waals surface area contributed by atoms with Crippen molar-refractivity contribution in [2.24, 2.45) is 0 Å². The fourth-order valence-corrected chi connectivity index (χ4v) is 3.60. The Balaban J connectivity index is 1.36. The summed E-state index contributed by atoms with van der Waals surface area (Å²) in [5.41, 5.74) is 4.15. The summed E-state index contributed by atoms with van der Waals surface area (Å²) in [6.45, 7) is 5.81. The normalized spacial score (nSPS) is 12.9. The Morgan fingerprint density at radius 1 is 1.00 bits per heavy atom. The van der Waals surface area contributed by atoms with Crippen LogP contribution in [0, 0.1) is 20.8 Å². The Hall–Kier alpha value is -3.88. The zero-order valence-electron chi connectivity index (χ0n) is 17.5. The second-order valence-electron chi connectivity index (χ2n) is 7.60. The fraction of sp³-hybridized carbons (Fsp3) is 0.273. The lowest BCUT2D eigenvalue weighted by molar-refractivity contribution is -0.116. The van der Waals surface area contributed by atoms with Crippen molar-refractivity contribution in [1.29, 1.82) is 0 Å². The van der Waals surface area contributed by atoms with E-state index >= 15 is 0 Å². The number of anilines is 1. The molecular formula is C22H22N6O3. The van der Waals surface area contributed by atoms with Crippen LogP contribution in [0.2, 0.25) is 0 Å². The standard InChI is InChI=1S/C22H22N6O3/c1-13-6-9-17-18(11-13)22(31)27(21(17)30)10-4-5-20(29)23-16-8-7-14(2)19(12-16)28-15(3)24-25-26-28/h6-9,11-12H,4-5,10H2,1-3H3,(H,23,29). The number of fused-ring (bicyclic) bond motifs is 1. The van der Waals surface area contributed by atoms with E-state index in [2.05, 4.69) is 20.8 Å². The first-order valence-electron chi connectivity index (χ1n) is 9.98. The van der Waals surface area contributed by atoms with E-state index in [4.69, 9.17) is 0 Å². The molecule has 2 aromatic carbocycles. The van der Waals surface area contributed by atoms with Gasteiger partial charge >= 0.3 is 0 Å². The molecule has 1 aliphatic rings. The SMILES string of the molecule is Cc1ccc2c(c1)C(=O)N(CCCC(=O)Nc1ccc(C)c(-n3nnnc3C)c1)C2=O. The first-order valence-corrected chi connectivity index (χ1v) is 9.98. The van der Waals surface area contributed by atoms with E-state index in [9.17, 15) is 14.4 Å². The summed E-state index contributed by atoms with van der Waals surface area (Å²) in [7, 11) is 0. The summed E-state index contributed by atoms with van der Waals surface area (Å²) in [5.74, 6) is -0.164. The molecule has 0 radical (unpaired) electrons. The molecule has 3 aromatic rings. The van der Waals surface area contributed by atoms with Crippen LogP contribution in [0.15, 0.2) is 36.4 Å². The highest BCUT2D eigenvalue weighted by Crippen LogP contribution is 2.24. The van der Waals surface area contributed by atoms with Crippen molar-refractivity contribution >= 4 is 23.4 Å². The van der Waals surface area contributed by atoms with Crippen molar-refractivity contribution in [3.63, 3.8) is 0 Å². The minimum atomic E-state index is -0.305. The molecule has 1 N–H and O–H groups in total. The lowest BCUT2D eigenvalue weighted by Gasteiger charge is -2.14. The summed E-state index contributed by atoms with van der Waals surface area (Å²) >= 11 is 0. The average molecular weight is 418 g/mol. The summed E-state index contributed by atoms with van der Waals surface area (Å²) in [5, 5.41) is 14.4. The van der Waals surface area contributed by atoms with Gasteiger partial charge in [-0.3, -0.25) is 19.3 Å². The zero-order valence-corrected chi connectivity index (χ0v) is 17.5. The number of carbonyl (C=O) groups is 3. The van der Waals surface area contributed by atoms with Crippen molar-refractivity contribution in [3.8, 4) is 5.69 Å². The quantitative estimate of drug-likeness (QED) is 0.616. The molecule has 2 heterocycles. The summed E-state index contributed by atoms with van der Waals surface area (Å²) < 4.78 is 1.61. The molecule has 0 spiro atoms. The molecule has 31 heavy (non-hydrogen) atoms. The van der Waals surface area contributed by atoms with E-state index in [-0.39, 0.29) is 30.7 Å². The number of imide groups is 1. The van der Waals surface area contributed by atoms with Gasteiger partial charge in [0.05, 0.1) is 16.8 Å². The molecular weight excluding hydrogens is 396 g/mol. The van der Waals surface area contributed by atoms with Crippen molar-refractivity contribution in [2.45, 2.75) is 33.6 Å². The fourth-order valence-electron chi connectivity index (χ4n) is 3.60. The van der Waals surface area contributed by atoms with Crippen LogP contribution in [0.25, 0.3) is 5.69 Å². The number of nitrogens with one attached hydrogen (secondary N) is 1. The number of amides is 3. The third-order valence-corrected chi connectivity index (χ3v) is 5.26. The predicted octanol–water partition coefficient (Wildman–Crippen LogP) is 2.60. The minimum absolute atomic E-state index is 0.180. The molecule has 0 saturated carbocycles. The largest absolute Gasteiger partial charge is 0.326 e. The van der Waals surface area contributed by atoms with Crippen LogP contribution in [0.5, 0.6) is 0 Å². The molecule has 1 aromatic heterocycles. The molecule has 3 amide bonds. The molecule has 0 aliphatic carbocycles. The Labute approximate surface area is 179 Å². The van der Waals surface area contributed by atoms with E-state index in [1.807, 2.05) is 38.1 Å². The maximum absolute atomic E-state index is 12.5. The Morgan fingerprint density at radius 3 is 2.52 bits per heavy atom. The van der Waals surface area contributed by atoms with Crippen LogP contribution < -0.4 is 5.32 Å². The maximum atomic E-state index is 12.5. The third kappa shape index (κ3) is 3.94. The van der Waals surface area contributed by atoms with Crippen molar-refractivity contribution < 1.29 is 14.4 Å². The predicted molar refractivity (Wildman–Crippen MR) is 113 cm³/mol. The average Bonchev–Trinajstić information content (AvgIpc) is 3.26. The molecule has 0 fully saturated rings. The van der Waals surface area contributed by atoms with E-state index in [0.717, 1.165) is 16.8 Å². The number of hydrogen-bond donors (Lipinski definition) is 1. The number of rotatable bonds is 6. The Morgan fingerprint density at radius 2 is 1.77 bits per heavy atom. The van der Waals surface area contributed by atoms with Gasteiger partial charge in [-0.25, -0.2) is 0 Å². The van der Waals surface area contributed by atoms with Gasteiger partial charge in [0, 0.05) is 18.7 Å². The van der Waals surface area contributed by atoms with Gasteiger partial charge in [0.2, 0.25) is 5.91 Å². The zero-order chi connectivity index (χ0) is 22.1. The van der Waals surface area contributed by atoms with E-state index in [0.29, 0.717) is 29.1 Å².